The van der Waals surface area contributed by atoms with Crippen LogP contribution in [0.25, 0.3) is 10.8 Å². The second-order valence-corrected chi connectivity index (χ2v) is 6.61. The highest BCUT2D eigenvalue weighted by Crippen LogP contribution is 2.24. The van der Waals surface area contributed by atoms with Gasteiger partial charge in [-0.15, -0.1) is 0 Å². The predicted octanol–water partition coefficient (Wildman–Crippen LogP) is 5.50. The molecule has 3 aromatic rings. The van der Waals surface area contributed by atoms with Crippen molar-refractivity contribution in [3.05, 3.63) is 83.9 Å². The minimum Gasteiger partial charge on any atom is -0.481 e. The van der Waals surface area contributed by atoms with Gasteiger partial charge in [0.25, 0.3) is 0 Å². The molecule has 0 bridgehead atoms. The summed E-state index contributed by atoms with van der Waals surface area (Å²) in [6.07, 6.45) is 4.31. The quantitative estimate of drug-likeness (QED) is 0.553. The highest BCUT2D eigenvalue weighted by molar-refractivity contribution is 5.86. The lowest BCUT2D eigenvalue weighted by Crippen LogP contribution is -2.16. The maximum atomic E-state index is 11.7. The van der Waals surface area contributed by atoms with E-state index in [2.05, 4.69) is 48.5 Å². The molecule has 2 heteroatoms. The van der Waals surface area contributed by atoms with Gasteiger partial charge in [0.2, 0.25) is 0 Å². The third-order valence-corrected chi connectivity index (χ3v) is 4.81. The number of fused-ring (bicyclic) bond motifs is 1. The molecule has 0 aromatic heterocycles. The van der Waals surface area contributed by atoms with Crippen molar-refractivity contribution in [2.75, 3.05) is 0 Å². The lowest BCUT2D eigenvalue weighted by Gasteiger charge is -2.14. The zero-order valence-electron chi connectivity index (χ0n) is 14.4. The van der Waals surface area contributed by atoms with Crippen LogP contribution in [0.1, 0.15) is 30.4 Å². The molecule has 0 fully saturated rings. The topological polar surface area (TPSA) is 37.3 Å². The first-order valence-corrected chi connectivity index (χ1v) is 8.97. The standard InChI is InChI=1S/C23H24O2/c24-23(25)21(13-5-4-11-18-9-2-1-3-10-18)17-20-15-8-14-19-12-6-7-16-22(19)20/h1-3,6-10,12,14-16,21H,4-5,11,13,17H2,(H,24,25). The van der Waals surface area contributed by atoms with E-state index in [9.17, 15) is 9.90 Å². The maximum absolute atomic E-state index is 11.7. The van der Waals surface area contributed by atoms with Crippen molar-refractivity contribution < 1.29 is 9.90 Å². The molecular weight excluding hydrogens is 308 g/mol. The number of hydrogen-bond acceptors (Lipinski definition) is 1. The Hall–Kier alpha value is -2.61. The summed E-state index contributed by atoms with van der Waals surface area (Å²) in [6.45, 7) is 0. The number of aliphatic carboxylic acids is 1. The third-order valence-electron chi connectivity index (χ3n) is 4.81. The molecule has 0 aliphatic rings. The van der Waals surface area contributed by atoms with Crippen molar-refractivity contribution in [2.45, 2.75) is 32.1 Å². The van der Waals surface area contributed by atoms with Crippen LogP contribution in [0.15, 0.2) is 72.8 Å². The van der Waals surface area contributed by atoms with E-state index in [1.54, 1.807) is 0 Å². The highest BCUT2D eigenvalue weighted by atomic mass is 16.4. The largest absolute Gasteiger partial charge is 0.481 e. The Morgan fingerprint density at radius 3 is 2.36 bits per heavy atom. The number of carboxylic acids is 1. The zero-order chi connectivity index (χ0) is 17.5. The number of hydrogen-bond donors (Lipinski definition) is 1. The molecule has 1 N–H and O–H groups in total. The maximum Gasteiger partial charge on any atom is 0.306 e. The number of carboxylic acid groups (broad SMARTS) is 1. The molecule has 25 heavy (non-hydrogen) atoms. The number of rotatable bonds is 8. The fourth-order valence-electron chi connectivity index (χ4n) is 3.41. The summed E-state index contributed by atoms with van der Waals surface area (Å²) in [4.78, 5) is 11.7. The molecule has 1 atom stereocenters. The van der Waals surface area contributed by atoms with E-state index in [4.69, 9.17) is 0 Å². The van der Waals surface area contributed by atoms with E-state index in [1.165, 1.54) is 16.3 Å². The molecule has 128 valence electrons. The molecule has 0 amide bonds. The van der Waals surface area contributed by atoms with E-state index in [1.807, 2.05) is 24.3 Å². The fraction of sp³-hybridized carbons (Fsp3) is 0.261. The third kappa shape index (κ3) is 4.69. The first kappa shape index (κ1) is 17.2. The average molecular weight is 332 g/mol. The van der Waals surface area contributed by atoms with E-state index in [0.717, 1.165) is 31.2 Å². The van der Waals surface area contributed by atoms with Gasteiger partial charge in [0.05, 0.1) is 5.92 Å². The van der Waals surface area contributed by atoms with Gasteiger partial charge in [-0.05, 0) is 47.6 Å². The van der Waals surface area contributed by atoms with Crippen molar-refractivity contribution in [3.8, 4) is 0 Å². The van der Waals surface area contributed by atoms with Crippen LogP contribution in [0.3, 0.4) is 0 Å². The van der Waals surface area contributed by atoms with Gasteiger partial charge in [-0.2, -0.15) is 0 Å². The minimum absolute atomic E-state index is 0.318. The SMILES string of the molecule is O=C(O)C(CCCCc1ccccc1)Cc1cccc2ccccc12. The van der Waals surface area contributed by atoms with Gasteiger partial charge < -0.3 is 5.11 Å². The molecule has 0 spiro atoms. The minimum atomic E-state index is -0.687. The summed E-state index contributed by atoms with van der Waals surface area (Å²) in [6, 6.07) is 24.7. The van der Waals surface area contributed by atoms with Gasteiger partial charge >= 0.3 is 5.97 Å². The normalized spacial score (nSPS) is 12.2. The average Bonchev–Trinajstić information content (AvgIpc) is 2.65. The highest BCUT2D eigenvalue weighted by Gasteiger charge is 2.18. The fourth-order valence-corrected chi connectivity index (χ4v) is 3.41. The van der Waals surface area contributed by atoms with Crippen LogP contribution in [0.2, 0.25) is 0 Å². The molecule has 0 saturated heterocycles. The monoisotopic (exact) mass is 332 g/mol. The Morgan fingerprint density at radius 1 is 0.840 bits per heavy atom. The van der Waals surface area contributed by atoms with Crippen LogP contribution in [0, 0.1) is 5.92 Å². The molecule has 0 radical (unpaired) electrons. The van der Waals surface area contributed by atoms with Crippen molar-refractivity contribution in [2.24, 2.45) is 5.92 Å². The summed E-state index contributed by atoms with van der Waals surface area (Å²) in [5.74, 6) is -1.01. The van der Waals surface area contributed by atoms with Crippen LogP contribution >= 0.6 is 0 Å². The second-order valence-electron chi connectivity index (χ2n) is 6.61. The molecule has 3 rings (SSSR count). The van der Waals surface area contributed by atoms with Gasteiger partial charge in [0.1, 0.15) is 0 Å². The number of carbonyl (C=O) groups is 1. The summed E-state index contributed by atoms with van der Waals surface area (Å²) in [7, 11) is 0. The van der Waals surface area contributed by atoms with E-state index in [0.29, 0.717) is 6.42 Å². The van der Waals surface area contributed by atoms with Crippen LogP contribution in [-0.2, 0) is 17.6 Å². The van der Waals surface area contributed by atoms with Gasteiger partial charge in [0, 0.05) is 0 Å². The summed E-state index contributed by atoms with van der Waals surface area (Å²) in [5.41, 5.74) is 2.46. The number of benzene rings is 3. The van der Waals surface area contributed by atoms with Crippen LogP contribution in [0.4, 0.5) is 0 Å². The van der Waals surface area contributed by atoms with Gasteiger partial charge in [-0.25, -0.2) is 0 Å². The van der Waals surface area contributed by atoms with Crippen molar-refractivity contribution >= 4 is 16.7 Å². The Morgan fingerprint density at radius 2 is 1.56 bits per heavy atom. The molecule has 0 saturated carbocycles. The van der Waals surface area contributed by atoms with Gasteiger partial charge in [-0.3, -0.25) is 4.79 Å². The van der Waals surface area contributed by atoms with Crippen LogP contribution in [-0.4, -0.2) is 11.1 Å². The van der Waals surface area contributed by atoms with Crippen LogP contribution in [0.5, 0.6) is 0 Å². The lowest BCUT2D eigenvalue weighted by molar-refractivity contribution is -0.141. The molecule has 1 unspecified atom stereocenters. The predicted molar refractivity (Wildman–Crippen MR) is 103 cm³/mol. The molecule has 3 aromatic carbocycles. The first-order valence-electron chi connectivity index (χ1n) is 8.97. The summed E-state index contributed by atoms with van der Waals surface area (Å²) in [5, 5.41) is 12.0. The number of aryl methyl sites for hydroxylation is 1. The lowest BCUT2D eigenvalue weighted by atomic mass is 9.91. The van der Waals surface area contributed by atoms with Gasteiger partial charge in [-0.1, -0.05) is 79.2 Å². The van der Waals surface area contributed by atoms with Crippen molar-refractivity contribution in [1.82, 2.24) is 0 Å². The van der Waals surface area contributed by atoms with E-state index < -0.39 is 5.97 Å². The van der Waals surface area contributed by atoms with Crippen molar-refractivity contribution in [3.63, 3.8) is 0 Å². The first-order chi connectivity index (χ1) is 12.2. The second kappa shape index (κ2) is 8.48. The Bertz CT molecular complexity index is 818. The molecule has 0 aliphatic heterocycles. The molecule has 0 heterocycles. The Kier molecular flexibility index (Phi) is 5.84. The van der Waals surface area contributed by atoms with Gasteiger partial charge in [0.15, 0.2) is 0 Å². The smallest absolute Gasteiger partial charge is 0.306 e. The molecular formula is C23H24O2. The molecule has 0 aliphatic carbocycles. The zero-order valence-corrected chi connectivity index (χ0v) is 14.4. The summed E-state index contributed by atoms with van der Waals surface area (Å²) < 4.78 is 0. The van der Waals surface area contributed by atoms with E-state index >= 15 is 0 Å². The Labute approximate surface area is 149 Å². The number of unbranched alkanes of at least 4 members (excludes halogenated alkanes) is 1. The van der Waals surface area contributed by atoms with Crippen molar-refractivity contribution in [1.29, 1.82) is 0 Å². The van der Waals surface area contributed by atoms with Crippen LogP contribution < -0.4 is 0 Å². The molecule has 2 nitrogen and oxygen atoms in total. The van der Waals surface area contributed by atoms with E-state index in [-0.39, 0.29) is 5.92 Å². The Balaban J connectivity index is 1.60. The summed E-state index contributed by atoms with van der Waals surface area (Å²) >= 11 is 0.